The van der Waals surface area contributed by atoms with Gasteiger partial charge in [-0.05, 0) is 37.8 Å². The maximum atomic E-state index is 13.1. The Hall–Kier alpha value is -2.26. The SMILES string of the molecule is Cc1oncc1S(=O)(=O)N1C[C@H]2CC[C@@H]1CN(C(=O)c1ccccn1)C2. The van der Waals surface area contributed by atoms with E-state index in [1.165, 1.54) is 10.5 Å². The van der Waals surface area contributed by atoms with Crippen LogP contribution in [0.1, 0.15) is 29.1 Å². The van der Waals surface area contributed by atoms with Gasteiger partial charge in [-0.25, -0.2) is 8.42 Å². The summed E-state index contributed by atoms with van der Waals surface area (Å²) in [4.78, 5) is 18.8. The highest BCUT2D eigenvalue weighted by Crippen LogP contribution is 2.33. The van der Waals surface area contributed by atoms with E-state index >= 15 is 0 Å². The van der Waals surface area contributed by atoms with E-state index in [1.807, 2.05) is 0 Å². The highest BCUT2D eigenvalue weighted by molar-refractivity contribution is 7.89. The number of pyridine rings is 1. The molecule has 2 aromatic rings. The van der Waals surface area contributed by atoms with Gasteiger partial charge in [-0.1, -0.05) is 11.2 Å². The highest BCUT2D eigenvalue weighted by atomic mass is 32.2. The summed E-state index contributed by atoms with van der Waals surface area (Å²) in [7, 11) is -3.69. The molecule has 3 aliphatic rings. The van der Waals surface area contributed by atoms with E-state index in [-0.39, 0.29) is 28.5 Å². The molecule has 2 bridgehead atoms. The third-order valence-electron chi connectivity index (χ3n) is 5.13. The largest absolute Gasteiger partial charge is 0.360 e. The van der Waals surface area contributed by atoms with Crippen LogP contribution in [0.2, 0.25) is 0 Å². The zero-order valence-corrected chi connectivity index (χ0v) is 15.2. The molecule has 3 aliphatic heterocycles. The van der Waals surface area contributed by atoms with Crippen LogP contribution >= 0.6 is 0 Å². The van der Waals surface area contributed by atoms with E-state index < -0.39 is 10.0 Å². The molecule has 0 N–H and O–H groups in total. The predicted octanol–water partition coefficient (Wildman–Crippen LogP) is 1.30. The monoisotopic (exact) mass is 376 g/mol. The van der Waals surface area contributed by atoms with Crippen LogP contribution in [0.15, 0.2) is 40.0 Å². The van der Waals surface area contributed by atoms with E-state index in [4.69, 9.17) is 4.52 Å². The maximum Gasteiger partial charge on any atom is 0.272 e. The number of aromatic nitrogens is 2. The Bertz CT molecular complexity index is 912. The van der Waals surface area contributed by atoms with Gasteiger partial charge in [0.05, 0.1) is 6.20 Å². The van der Waals surface area contributed by atoms with Crippen LogP contribution in [0.5, 0.6) is 0 Å². The number of piperidine rings is 1. The number of fused-ring (bicyclic) bond motifs is 4. The zero-order chi connectivity index (χ0) is 18.3. The van der Waals surface area contributed by atoms with Gasteiger partial charge in [-0.3, -0.25) is 9.78 Å². The number of aryl methyl sites for hydroxylation is 1. The average Bonchev–Trinajstić information content (AvgIpc) is 2.89. The molecule has 3 saturated heterocycles. The second-order valence-corrected chi connectivity index (χ2v) is 8.70. The van der Waals surface area contributed by atoms with Crippen LogP contribution in [0.4, 0.5) is 0 Å². The summed E-state index contributed by atoms with van der Waals surface area (Å²) in [6.45, 7) is 2.91. The first-order valence-corrected chi connectivity index (χ1v) is 10.0. The topological polar surface area (TPSA) is 96.6 Å². The summed E-state index contributed by atoms with van der Waals surface area (Å²) in [5.41, 5.74) is 0.387. The number of nitrogens with zero attached hydrogens (tertiary/aromatic N) is 4. The average molecular weight is 376 g/mol. The van der Waals surface area contributed by atoms with Crippen molar-refractivity contribution in [3.63, 3.8) is 0 Å². The molecule has 0 radical (unpaired) electrons. The van der Waals surface area contributed by atoms with Crippen molar-refractivity contribution in [1.82, 2.24) is 19.3 Å². The van der Waals surface area contributed by atoms with Gasteiger partial charge in [-0.2, -0.15) is 4.31 Å². The van der Waals surface area contributed by atoms with E-state index in [0.29, 0.717) is 25.3 Å². The molecule has 138 valence electrons. The van der Waals surface area contributed by atoms with Crippen molar-refractivity contribution in [2.75, 3.05) is 19.6 Å². The summed E-state index contributed by atoms with van der Waals surface area (Å²) in [5, 5.41) is 3.60. The van der Waals surface area contributed by atoms with Gasteiger partial charge in [0.25, 0.3) is 5.91 Å². The summed E-state index contributed by atoms with van der Waals surface area (Å²) in [6.07, 6.45) is 4.48. The maximum absolute atomic E-state index is 13.1. The molecule has 8 nitrogen and oxygen atoms in total. The third-order valence-corrected chi connectivity index (χ3v) is 7.14. The molecular weight excluding hydrogens is 356 g/mol. The molecule has 2 atom stereocenters. The molecule has 0 saturated carbocycles. The summed E-state index contributed by atoms with van der Waals surface area (Å²) >= 11 is 0. The summed E-state index contributed by atoms with van der Waals surface area (Å²) < 4.78 is 32.6. The lowest BCUT2D eigenvalue weighted by molar-refractivity contribution is 0.0740. The lowest BCUT2D eigenvalue weighted by Crippen LogP contribution is -2.47. The standard InChI is InChI=1S/C17H20N4O4S/c1-12-16(8-19-25-12)26(23,24)21-10-13-5-6-14(21)11-20(9-13)17(22)15-4-2-3-7-18-15/h2-4,7-8,13-14H,5-6,9-11H2,1H3/t13-,14+/m0/s1. The van der Waals surface area contributed by atoms with E-state index in [0.717, 1.165) is 12.8 Å². The van der Waals surface area contributed by atoms with Gasteiger partial charge in [0.15, 0.2) is 5.76 Å². The van der Waals surface area contributed by atoms with Crippen molar-refractivity contribution >= 4 is 15.9 Å². The van der Waals surface area contributed by atoms with Crippen molar-refractivity contribution in [2.45, 2.75) is 30.7 Å². The van der Waals surface area contributed by atoms with Crippen LogP contribution < -0.4 is 0 Å². The van der Waals surface area contributed by atoms with Gasteiger partial charge in [0.2, 0.25) is 10.0 Å². The Morgan fingerprint density at radius 1 is 1.23 bits per heavy atom. The Kier molecular flexibility index (Phi) is 4.28. The zero-order valence-electron chi connectivity index (χ0n) is 14.4. The molecule has 9 heteroatoms. The van der Waals surface area contributed by atoms with Gasteiger partial charge < -0.3 is 9.42 Å². The van der Waals surface area contributed by atoms with Crippen molar-refractivity contribution < 1.29 is 17.7 Å². The van der Waals surface area contributed by atoms with Crippen molar-refractivity contribution in [1.29, 1.82) is 0 Å². The minimum atomic E-state index is -3.69. The molecule has 0 spiro atoms. The molecule has 5 heterocycles. The quantitative estimate of drug-likeness (QED) is 0.801. The normalized spacial score (nSPS) is 23.8. The Labute approximate surface area is 151 Å². The Balaban J connectivity index is 1.61. The molecule has 26 heavy (non-hydrogen) atoms. The van der Waals surface area contributed by atoms with Crippen LogP contribution in [0.25, 0.3) is 0 Å². The predicted molar refractivity (Wildman–Crippen MR) is 91.8 cm³/mol. The first-order chi connectivity index (χ1) is 12.5. The van der Waals surface area contributed by atoms with Crippen molar-refractivity contribution in [3.8, 4) is 0 Å². The number of hydrogen-bond donors (Lipinski definition) is 0. The first kappa shape index (κ1) is 17.2. The van der Waals surface area contributed by atoms with Gasteiger partial charge in [0, 0.05) is 31.9 Å². The van der Waals surface area contributed by atoms with Gasteiger partial charge >= 0.3 is 0 Å². The fraction of sp³-hybridized carbons (Fsp3) is 0.471. The molecular formula is C17H20N4O4S. The van der Waals surface area contributed by atoms with Crippen molar-refractivity contribution in [3.05, 3.63) is 42.0 Å². The lowest BCUT2D eigenvalue weighted by Gasteiger charge is -2.34. The minimum absolute atomic E-state index is 0.104. The molecule has 0 aliphatic carbocycles. The van der Waals surface area contributed by atoms with Gasteiger partial charge in [0.1, 0.15) is 10.6 Å². The fourth-order valence-electron chi connectivity index (χ4n) is 3.81. The number of carbonyl (C=O) groups is 1. The van der Waals surface area contributed by atoms with E-state index in [9.17, 15) is 13.2 Å². The summed E-state index contributed by atoms with van der Waals surface area (Å²) in [6, 6.07) is 4.97. The Morgan fingerprint density at radius 2 is 2.08 bits per heavy atom. The smallest absolute Gasteiger partial charge is 0.272 e. The number of rotatable bonds is 3. The fourth-order valence-corrected chi connectivity index (χ4v) is 5.62. The van der Waals surface area contributed by atoms with Crippen LogP contribution in [-0.4, -0.2) is 59.3 Å². The molecule has 3 fully saturated rings. The molecule has 2 aromatic heterocycles. The number of hydrogen-bond acceptors (Lipinski definition) is 6. The van der Waals surface area contributed by atoms with Gasteiger partial charge in [-0.15, -0.1) is 0 Å². The molecule has 5 rings (SSSR count). The third kappa shape index (κ3) is 2.90. The Morgan fingerprint density at radius 3 is 2.77 bits per heavy atom. The van der Waals surface area contributed by atoms with Crippen LogP contribution in [0, 0.1) is 12.8 Å². The lowest BCUT2D eigenvalue weighted by atomic mass is 9.97. The van der Waals surface area contributed by atoms with E-state index in [2.05, 4.69) is 10.1 Å². The minimum Gasteiger partial charge on any atom is -0.360 e. The van der Waals surface area contributed by atoms with E-state index in [1.54, 1.807) is 36.2 Å². The first-order valence-electron chi connectivity index (χ1n) is 8.60. The highest BCUT2D eigenvalue weighted by Gasteiger charge is 2.43. The van der Waals surface area contributed by atoms with Crippen LogP contribution in [-0.2, 0) is 10.0 Å². The second-order valence-electron chi connectivity index (χ2n) is 6.84. The van der Waals surface area contributed by atoms with Crippen LogP contribution in [0.3, 0.4) is 0 Å². The number of amides is 1. The number of sulfonamides is 1. The molecule has 1 amide bonds. The summed E-state index contributed by atoms with van der Waals surface area (Å²) in [5.74, 6) is 0.241. The van der Waals surface area contributed by atoms with Crippen molar-refractivity contribution in [2.24, 2.45) is 5.92 Å². The number of carbonyl (C=O) groups excluding carboxylic acids is 1. The molecule has 0 aromatic carbocycles. The second kappa shape index (κ2) is 6.48. The molecule has 0 unspecified atom stereocenters.